The Hall–Kier alpha value is -0.720. The average Bonchev–Trinajstić information content (AvgIpc) is 2.47. The van der Waals surface area contributed by atoms with E-state index in [4.69, 9.17) is 9.05 Å². The SMILES string of the molecule is C=C(C)C(=O)NCCCCCCCCOP(=O)(O)OCC[N+](C)(C)C. The van der Waals surface area contributed by atoms with Crippen LogP contribution in [0.15, 0.2) is 12.2 Å². The Labute approximate surface area is 152 Å². The molecule has 0 fully saturated rings. The lowest BCUT2D eigenvalue weighted by Crippen LogP contribution is -2.37. The van der Waals surface area contributed by atoms with E-state index < -0.39 is 7.82 Å². The Kier molecular flexibility index (Phi) is 12.2. The highest BCUT2D eigenvalue weighted by Gasteiger charge is 2.21. The summed E-state index contributed by atoms with van der Waals surface area (Å²) in [4.78, 5) is 20.8. The van der Waals surface area contributed by atoms with Crippen LogP contribution in [0.1, 0.15) is 45.4 Å². The van der Waals surface area contributed by atoms with Crippen LogP contribution in [-0.2, 0) is 18.4 Å². The van der Waals surface area contributed by atoms with E-state index in [0.29, 0.717) is 23.1 Å². The van der Waals surface area contributed by atoms with Gasteiger partial charge in [-0.2, -0.15) is 0 Å². The fourth-order valence-electron chi connectivity index (χ4n) is 1.93. The first-order valence-electron chi connectivity index (χ1n) is 8.89. The Morgan fingerprint density at radius 2 is 1.56 bits per heavy atom. The van der Waals surface area contributed by atoms with Crippen LogP contribution in [0, 0.1) is 0 Å². The van der Waals surface area contributed by atoms with E-state index in [2.05, 4.69) is 11.9 Å². The lowest BCUT2D eigenvalue weighted by atomic mass is 10.1. The number of carbonyl (C=O) groups excluding carboxylic acids is 1. The maximum Gasteiger partial charge on any atom is 0.472 e. The van der Waals surface area contributed by atoms with E-state index in [1.165, 1.54) is 0 Å². The number of carbonyl (C=O) groups is 1. The van der Waals surface area contributed by atoms with Gasteiger partial charge in [-0.1, -0.05) is 32.3 Å². The van der Waals surface area contributed by atoms with Gasteiger partial charge in [-0.15, -0.1) is 0 Å². The molecule has 0 rings (SSSR count). The molecule has 0 aliphatic rings. The molecule has 0 radical (unpaired) electrons. The molecule has 0 aliphatic carbocycles. The number of likely N-dealkylation sites (N-methyl/N-ethyl adjacent to an activating group) is 1. The van der Waals surface area contributed by atoms with Crippen LogP contribution < -0.4 is 5.32 Å². The molecule has 0 spiro atoms. The zero-order valence-corrected chi connectivity index (χ0v) is 17.1. The third-order valence-electron chi connectivity index (χ3n) is 3.52. The van der Waals surface area contributed by atoms with E-state index >= 15 is 0 Å². The van der Waals surface area contributed by atoms with Crippen molar-refractivity contribution in [1.29, 1.82) is 0 Å². The second-order valence-corrected chi connectivity index (χ2v) is 8.76. The molecule has 1 atom stereocenters. The molecule has 0 saturated heterocycles. The molecule has 1 unspecified atom stereocenters. The number of nitrogens with one attached hydrogen (secondary N) is 1. The topological polar surface area (TPSA) is 84.9 Å². The molecule has 1 amide bonds. The van der Waals surface area contributed by atoms with Gasteiger partial charge in [0, 0.05) is 12.1 Å². The molecule has 148 valence electrons. The van der Waals surface area contributed by atoms with Crippen molar-refractivity contribution in [2.24, 2.45) is 0 Å². The smallest absolute Gasteiger partial charge is 0.352 e. The van der Waals surface area contributed by atoms with Crippen molar-refractivity contribution >= 4 is 13.7 Å². The molecule has 2 N–H and O–H groups in total. The summed E-state index contributed by atoms with van der Waals surface area (Å²) in [7, 11) is 2.04. The number of rotatable bonds is 15. The molecule has 7 nitrogen and oxygen atoms in total. The summed E-state index contributed by atoms with van der Waals surface area (Å²) in [5.41, 5.74) is 0.530. The summed E-state index contributed by atoms with van der Waals surface area (Å²) in [6.07, 6.45) is 5.77. The summed E-state index contributed by atoms with van der Waals surface area (Å²) < 4.78 is 22.2. The van der Waals surface area contributed by atoms with E-state index in [1.54, 1.807) is 6.92 Å². The predicted octanol–water partition coefficient (Wildman–Crippen LogP) is 2.86. The molecule has 25 heavy (non-hydrogen) atoms. The van der Waals surface area contributed by atoms with Crippen LogP contribution >= 0.6 is 7.82 Å². The van der Waals surface area contributed by atoms with Gasteiger partial charge in [-0.25, -0.2) is 4.57 Å². The third kappa shape index (κ3) is 16.5. The Morgan fingerprint density at radius 3 is 2.12 bits per heavy atom. The van der Waals surface area contributed by atoms with Crippen molar-refractivity contribution in [3.63, 3.8) is 0 Å². The Morgan fingerprint density at radius 1 is 1.04 bits per heavy atom. The second-order valence-electron chi connectivity index (χ2n) is 7.31. The van der Waals surface area contributed by atoms with Crippen molar-refractivity contribution in [2.45, 2.75) is 45.4 Å². The van der Waals surface area contributed by atoms with Crippen molar-refractivity contribution in [1.82, 2.24) is 5.32 Å². The summed E-state index contributed by atoms with van der Waals surface area (Å²) in [6.45, 7) is 7.01. The van der Waals surface area contributed by atoms with Gasteiger partial charge in [0.05, 0.1) is 27.7 Å². The van der Waals surface area contributed by atoms with Crippen molar-refractivity contribution in [3.8, 4) is 0 Å². The molecular weight excluding hydrogens is 343 g/mol. The van der Waals surface area contributed by atoms with Gasteiger partial charge in [-0.05, 0) is 19.8 Å². The summed E-state index contributed by atoms with van der Waals surface area (Å²) in [6, 6.07) is 0. The zero-order valence-electron chi connectivity index (χ0n) is 16.3. The largest absolute Gasteiger partial charge is 0.472 e. The molecule has 0 heterocycles. The number of unbranched alkanes of at least 4 members (excludes halogenated alkanes) is 5. The first kappa shape index (κ1) is 24.3. The fraction of sp³-hybridized carbons (Fsp3) is 0.824. The molecule has 0 aromatic carbocycles. The van der Waals surface area contributed by atoms with Crippen LogP contribution in [0.2, 0.25) is 0 Å². The number of phosphoric acid groups is 1. The molecule has 0 aromatic heterocycles. The maximum atomic E-state index is 11.7. The van der Waals surface area contributed by atoms with Gasteiger partial charge in [-0.3, -0.25) is 13.8 Å². The number of phosphoric ester groups is 1. The minimum Gasteiger partial charge on any atom is -0.352 e. The summed E-state index contributed by atoms with van der Waals surface area (Å²) in [5, 5.41) is 2.80. The first-order valence-corrected chi connectivity index (χ1v) is 10.4. The highest BCUT2D eigenvalue weighted by atomic mass is 31.2. The van der Waals surface area contributed by atoms with Gasteiger partial charge >= 0.3 is 7.82 Å². The van der Waals surface area contributed by atoms with E-state index in [1.807, 2.05) is 21.1 Å². The molecule has 0 bridgehead atoms. The standard InChI is InChI=1S/C17H35N2O5P/c1-16(2)17(20)18-12-10-8-6-7-9-11-14-23-25(21,22)24-15-13-19(3,4)5/h1,6-15H2,2-5H3,(H-,18,20,21,22)/p+1. The fourth-order valence-corrected chi connectivity index (χ4v) is 2.68. The van der Waals surface area contributed by atoms with E-state index in [-0.39, 0.29) is 19.1 Å². The molecular formula is C17H36N2O5P+. The van der Waals surface area contributed by atoms with Crippen LogP contribution in [0.5, 0.6) is 0 Å². The third-order valence-corrected chi connectivity index (χ3v) is 4.53. The minimum atomic E-state index is -3.92. The Bertz CT molecular complexity index is 449. The lowest BCUT2D eigenvalue weighted by Gasteiger charge is -2.24. The quantitative estimate of drug-likeness (QED) is 0.198. The number of nitrogens with zero attached hydrogens (tertiary/aromatic N) is 1. The summed E-state index contributed by atoms with van der Waals surface area (Å²) >= 11 is 0. The number of hydrogen-bond donors (Lipinski definition) is 2. The van der Waals surface area contributed by atoms with Crippen LogP contribution in [-0.4, -0.2) is 62.7 Å². The van der Waals surface area contributed by atoms with E-state index in [9.17, 15) is 14.3 Å². The van der Waals surface area contributed by atoms with E-state index in [0.717, 1.165) is 38.5 Å². The van der Waals surface area contributed by atoms with Gasteiger partial charge in [0.25, 0.3) is 0 Å². The van der Waals surface area contributed by atoms with Gasteiger partial charge in [0.2, 0.25) is 5.91 Å². The Balaban J connectivity index is 3.49. The molecule has 0 aliphatic heterocycles. The normalized spacial score (nSPS) is 14.1. The van der Waals surface area contributed by atoms with Gasteiger partial charge in [0.1, 0.15) is 13.2 Å². The highest BCUT2D eigenvalue weighted by Crippen LogP contribution is 2.43. The summed E-state index contributed by atoms with van der Waals surface area (Å²) in [5.74, 6) is -0.0887. The average molecular weight is 379 g/mol. The van der Waals surface area contributed by atoms with Crippen molar-refractivity contribution < 1.29 is 27.8 Å². The van der Waals surface area contributed by atoms with Crippen LogP contribution in [0.3, 0.4) is 0 Å². The number of amides is 1. The second kappa shape index (κ2) is 12.6. The molecule has 0 saturated carbocycles. The molecule has 0 aromatic rings. The number of hydrogen-bond acceptors (Lipinski definition) is 4. The van der Waals surface area contributed by atoms with Crippen molar-refractivity contribution in [3.05, 3.63) is 12.2 Å². The predicted molar refractivity (Wildman–Crippen MR) is 100 cm³/mol. The molecule has 8 heteroatoms. The van der Waals surface area contributed by atoms with Gasteiger partial charge in [0.15, 0.2) is 0 Å². The highest BCUT2D eigenvalue weighted by molar-refractivity contribution is 7.47. The maximum absolute atomic E-state index is 11.7. The lowest BCUT2D eigenvalue weighted by molar-refractivity contribution is -0.870. The first-order chi connectivity index (χ1) is 11.5. The monoisotopic (exact) mass is 379 g/mol. The number of quaternary nitrogens is 1. The van der Waals surface area contributed by atoms with Gasteiger partial charge < -0.3 is 14.7 Å². The van der Waals surface area contributed by atoms with Crippen LogP contribution in [0.4, 0.5) is 0 Å². The zero-order chi connectivity index (χ0) is 19.3. The minimum absolute atomic E-state index is 0.0887. The van der Waals surface area contributed by atoms with Crippen LogP contribution in [0.25, 0.3) is 0 Å². The van der Waals surface area contributed by atoms with Crippen molar-refractivity contribution in [2.75, 3.05) is 47.4 Å².